The lowest BCUT2D eigenvalue weighted by molar-refractivity contribution is -0.157. The number of fused-ring (bicyclic) bond motifs is 5. The van der Waals surface area contributed by atoms with Gasteiger partial charge in [-0.3, -0.25) is 4.79 Å². The first-order valence-corrected chi connectivity index (χ1v) is 10.4. The molecule has 0 saturated carbocycles. The molecule has 0 radical (unpaired) electrons. The van der Waals surface area contributed by atoms with Crippen molar-refractivity contribution >= 4 is 16.9 Å². The molecule has 31 heavy (non-hydrogen) atoms. The number of aliphatic hydroxyl groups is 1. The lowest BCUT2D eigenvalue weighted by atomic mass is 9.91. The Morgan fingerprint density at radius 2 is 2.06 bits per heavy atom. The predicted molar refractivity (Wildman–Crippen MR) is 110 cm³/mol. The van der Waals surface area contributed by atoms with E-state index in [1.165, 1.54) is 6.07 Å². The first-order chi connectivity index (χ1) is 14.9. The average Bonchev–Trinajstić information content (AvgIpc) is 3.00. The number of benzene rings is 1. The highest BCUT2D eigenvalue weighted by atomic mass is 19.1. The number of aryl methyl sites for hydroxylation is 1. The molecule has 3 aliphatic rings. The van der Waals surface area contributed by atoms with Gasteiger partial charge in [-0.05, 0) is 48.9 Å². The quantitative estimate of drug-likeness (QED) is 0.422. The van der Waals surface area contributed by atoms with Crippen molar-refractivity contribution in [3.8, 4) is 11.4 Å². The summed E-state index contributed by atoms with van der Waals surface area (Å²) in [6.45, 7) is 1.91. The molecule has 2 aliphatic heterocycles. The Hall–Kier alpha value is -3.10. The van der Waals surface area contributed by atoms with Crippen LogP contribution in [0, 0.1) is 12.7 Å². The number of ether oxygens (including phenoxy) is 1. The van der Waals surface area contributed by atoms with Crippen LogP contribution >= 0.6 is 0 Å². The van der Waals surface area contributed by atoms with Gasteiger partial charge in [-0.15, -0.1) is 0 Å². The van der Waals surface area contributed by atoms with Crippen LogP contribution in [0.3, 0.4) is 0 Å². The van der Waals surface area contributed by atoms with Gasteiger partial charge >= 0.3 is 5.97 Å². The lowest BCUT2D eigenvalue weighted by Gasteiger charge is -2.21. The second-order valence-electron chi connectivity index (χ2n) is 8.57. The maximum atomic E-state index is 14.7. The normalized spacial score (nSPS) is 21.4. The van der Waals surface area contributed by atoms with Crippen LogP contribution in [0.1, 0.15) is 58.4 Å². The zero-order valence-electron chi connectivity index (χ0n) is 16.9. The maximum absolute atomic E-state index is 14.7. The third kappa shape index (κ3) is 2.37. The number of carbonyl (C=O) groups excluding carboxylic acids is 1. The standard InChI is InChI=1S/C23H20FN3O4/c1-9-10-3-2-4-15(25)18-12-7-27-17(20(12)26-16(19(10)18)6-14(9)24)5-11-13(22(27)29)8-31-23(30)21(11)28/h5-6,15,21,28H,2-4,7-8,25H2,1H3/t15-,21+/m1/s1. The number of nitrogens with two attached hydrogens (primary N) is 1. The summed E-state index contributed by atoms with van der Waals surface area (Å²) in [4.78, 5) is 29.8. The third-order valence-electron chi connectivity index (χ3n) is 6.93. The molecule has 0 amide bonds. The summed E-state index contributed by atoms with van der Waals surface area (Å²) < 4.78 is 21.2. The maximum Gasteiger partial charge on any atom is 0.340 e. The number of esters is 1. The van der Waals surface area contributed by atoms with Crippen molar-refractivity contribution in [2.75, 3.05) is 0 Å². The Kier molecular flexibility index (Phi) is 3.74. The molecule has 8 heteroatoms. The van der Waals surface area contributed by atoms with Crippen LogP contribution in [-0.2, 0) is 29.1 Å². The van der Waals surface area contributed by atoms with E-state index < -0.39 is 12.1 Å². The van der Waals surface area contributed by atoms with Crippen LogP contribution in [0.25, 0.3) is 22.3 Å². The summed E-state index contributed by atoms with van der Waals surface area (Å²) in [5.74, 6) is -1.09. The largest absolute Gasteiger partial charge is 0.458 e. The molecule has 0 fully saturated rings. The minimum absolute atomic E-state index is 0.170. The van der Waals surface area contributed by atoms with Crippen molar-refractivity contribution in [3.63, 3.8) is 0 Å². The van der Waals surface area contributed by atoms with E-state index in [9.17, 15) is 19.1 Å². The number of aromatic nitrogens is 2. The molecule has 158 valence electrons. The van der Waals surface area contributed by atoms with E-state index in [0.29, 0.717) is 29.0 Å². The van der Waals surface area contributed by atoms with Crippen molar-refractivity contribution < 1.29 is 19.0 Å². The van der Waals surface area contributed by atoms with Crippen LogP contribution in [0.5, 0.6) is 0 Å². The van der Waals surface area contributed by atoms with Gasteiger partial charge < -0.3 is 20.1 Å². The van der Waals surface area contributed by atoms with Crippen LogP contribution in [0.15, 0.2) is 16.9 Å². The van der Waals surface area contributed by atoms with Crippen molar-refractivity contribution in [2.45, 2.75) is 51.5 Å². The van der Waals surface area contributed by atoms with Crippen molar-refractivity contribution in [1.29, 1.82) is 0 Å². The molecule has 1 aliphatic carbocycles. The molecule has 0 saturated heterocycles. The van der Waals surface area contributed by atoms with E-state index in [-0.39, 0.29) is 35.2 Å². The van der Waals surface area contributed by atoms with Gasteiger partial charge in [-0.25, -0.2) is 14.2 Å². The molecular weight excluding hydrogens is 401 g/mol. The van der Waals surface area contributed by atoms with E-state index in [1.54, 1.807) is 17.6 Å². The monoisotopic (exact) mass is 421 g/mol. The Morgan fingerprint density at radius 3 is 2.87 bits per heavy atom. The second-order valence-corrected chi connectivity index (χ2v) is 8.57. The molecule has 3 N–H and O–H groups in total. The highest BCUT2D eigenvalue weighted by molar-refractivity contribution is 5.92. The van der Waals surface area contributed by atoms with Gasteiger partial charge in [0.25, 0.3) is 5.56 Å². The average molecular weight is 421 g/mol. The molecule has 2 atom stereocenters. The Morgan fingerprint density at radius 1 is 1.26 bits per heavy atom. The van der Waals surface area contributed by atoms with Crippen LogP contribution in [-0.4, -0.2) is 20.6 Å². The van der Waals surface area contributed by atoms with E-state index in [1.807, 2.05) is 0 Å². The van der Waals surface area contributed by atoms with Crippen molar-refractivity contribution in [2.24, 2.45) is 5.73 Å². The molecule has 0 bridgehead atoms. The smallest absolute Gasteiger partial charge is 0.340 e. The minimum atomic E-state index is -1.51. The highest BCUT2D eigenvalue weighted by Crippen LogP contribution is 2.43. The predicted octanol–water partition coefficient (Wildman–Crippen LogP) is 2.30. The Bertz CT molecular complexity index is 1390. The molecule has 3 aromatic rings. The number of carbonyl (C=O) groups is 1. The van der Waals surface area contributed by atoms with E-state index in [2.05, 4.69) is 0 Å². The van der Waals surface area contributed by atoms with Gasteiger partial charge in [0.1, 0.15) is 12.4 Å². The number of rotatable bonds is 0. The fourth-order valence-corrected chi connectivity index (χ4v) is 5.34. The van der Waals surface area contributed by atoms with Gasteiger partial charge in [-0.2, -0.15) is 0 Å². The summed E-state index contributed by atoms with van der Waals surface area (Å²) in [5, 5.41) is 11.2. The molecule has 7 nitrogen and oxygen atoms in total. The van der Waals surface area contributed by atoms with Gasteiger partial charge in [0, 0.05) is 28.6 Å². The zero-order chi connectivity index (χ0) is 21.6. The molecule has 2 aromatic heterocycles. The van der Waals surface area contributed by atoms with Crippen LogP contribution < -0.4 is 11.3 Å². The molecule has 0 unspecified atom stereocenters. The minimum Gasteiger partial charge on any atom is -0.458 e. The Labute approximate surface area is 176 Å². The number of cyclic esters (lactones) is 1. The van der Waals surface area contributed by atoms with Crippen molar-refractivity contribution in [3.05, 3.63) is 61.7 Å². The number of aliphatic hydroxyl groups excluding tert-OH is 1. The number of nitrogens with zero attached hydrogens (tertiary/aromatic N) is 2. The van der Waals surface area contributed by atoms with Crippen LogP contribution in [0.4, 0.5) is 4.39 Å². The van der Waals surface area contributed by atoms with Gasteiger partial charge in [0.15, 0.2) is 6.10 Å². The zero-order valence-corrected chi connectivity index (χ0v) is 16.9. The van der Waals surface area contributed by atoms with Crippen LogP contribution in [0.2, 0.25) is 0 Å². The van der Waals surface area contributed by atoms with E-state index in [0.717, 1.165) is 41.3 Å². The second kappa shape index (κ2) is 6.21. The fourth-order valence-electron chi connectivity index (χ4n) is 5.34. The summed E-state index contributed by atoms with van der Waals surface area (Å²) in [6.07, 6.45) is 0.817. The summed E-state index contributed by atoms with van der Waals surface area (Å²) in [6, 6.07) is 2.81. The third-order valence-corrected chi connectivity index (χ3v) is 6.93. The van der Waals surface area contributed by atoms with Gasteiger partial charge in [0.05, 0.1) is 29.0 Å². The molecular formula is C23H20FN3O4. The van der Waals surface area contributed by atoms with E-state index >= 15 is 0 Å². The lowest BCUT2D eigenvalue weighted by Crippen LogP contribution is -2.32. The summed E-state index contributed by atoms with van der Waals surface area (Å²) in [7, 11) is 0. The molecule has 4 heterocycles. The van der Waals surface area contributed by atoms with Crippen molar-refractivity contribution in [1.82, 2.24) is 9.55 Å². The SMILES string of the molecule is Cc1c(F)cc2nc3c(c4c2c1CCC[C@H]4N)Cn1c-3cc2c(c1=O)COC(=O)[C@H]2O. The van der Waals surface area contributed by atoms with Gasteiger partial charge in [0.2, 0.25) is 0 Å². The fraction of sp³-hybridized carbons (Fsp3) is 0.348. The number of pyridine rings is 2. The summed E-state index contributed by atoms with van der Waals surface area (Å²) in [5.41, 5.74) is 11.7. The number of halogens is 1. The highest BCUT2D eigenvalue weighted by Gasteiger charge is 2.36. The van der Waals surface area contributed by atoms with E-state index in [4.69, 9.17) is 15.5 Å². The number of hydrogen-bond donors (Lipinski definition) is 2. The number of hydrogen-bond acceptors (Lipinski definition) is 6. The first-order valence-electron chi connectivity index (χ1n) is 10.4. The summed E-state index contributed by atoms with van der Waals surface area (Å²) >= 11 is 0. The Balaban J connectivity index is 1.70. The topological polar surface area (TPSA) is 107 Å². The molecule has 6 rings (SSSR count). The first kappa shape index (κ1) is 18.7. The molecule has 1 aromatic carbocycles. The molecule has 0 spiro atoms. The van der Waals surface area contributed by atoms with Gasteiger partial charge in [-0.1, -0.05) is 0 Å².